The van der Waals surface area contributed by atoms with Crippen LogP contribution < -0.4 is 4.74 Å². The maximum Gasteiger partial charge on any atom is 0.417 e. The molecule has 0 aliphatic rings. The molecule has 1 N–H and O–H groups in total. The molecule has 1 aromatic rings. The van der Waals surface area contributed by atoms with Gasteiger partial charge in [-0.3, -0.25) is 0 Å². The summed E-state index contributed by atoms with van der Waals surface area (Å²) in [6, 6.07) is 6.51. The Morgan fingerprint density at radius 1 is 1.38 bits per heavy atom. The molecule has 2 nitrogen and oxygen atoms in total. The van der Waals surface area contributed by atoms with Crippen LogP contribution in [0, 0.1) is 0 Å². The Morgan fingerprint density at radius 3 is 2.62 bits per heavy atom. The molecule has 0 radical (unpaired) electrons. The summed E-state index contributed by atoms with van der Waals surface area (Å²) in [6.07, 6.45) is -5.19. The number of aliphatic hydroxyl groups excluding tert-OH is 1. The highest BCUT2D eigenvalue weighted by atomic mass is 19.4. The summed E-state index contributed by atoms with van der Waals surface area (Å²) >= 11 is 0. The second-order valence-corrected chi connectivity index (χ2v) is 3.12. The number of hydrogen-bond donors (Lipinski definition) is 1. The molecule has 88 valence electrons. The zero-order chi connectivity index (χ0) is 12.2. The van der Waals surface area contributed by atoms with Crippen LogP contribution in [0.2, 0.25) is 0 Å². The SMILES string of the molecule is COc1cccc(/C=C/C(O)C(F)(F)F)c1. The summed E-state index contributed by atoms with van der Waals surface area (Å²) < 4.78 is 40.8. The summed E-state index contributed by atoms with van der Waals surface area (Å²) in [5.41, 5.74) is 0.530. The zero-order valence-corrected chi connectivity index (χ0v) is 8.53. The van der Waals surface area contributed by atoms with E-state index in [0.29, 0.717) is 17.4 Å². The number of rotatable bonds is 3. The Kier molecular flexibility index (Phi) is 3.95. The predicted octanol–water partition coefficient (Wildman–Crippen LogP) is 2.63. The molecule has 1 unspecified atom stereocenters. The van der Waals surface area contributed by atoms with Crippen LogP contribution in [0.1, 0.15) is 5.56 Å². The van der Waals surface area contributed by atoms with Crippen LogP contribution in [0.15, 0.2) is 30.3 Å². The smallest absolute Gasteiger partial charge is 0.417 e. The van der Waals surface area contributed by atoms with E-state index in [1.165, 1.54) is 13.2 Å². The second-order valence-electron chi connectivity index (χ2n) is 3.12. The molecule has 0 aromatic heterocycles. The van der Waals surface area contributed by atoms with Gasteiger partial charge in [-0.2, -0.15) is 13.2 Å². The molecule has 1 aromatic carbocycles. The highest BCUT2D eigenvalue weighted by molar-refractivity contribution is 5.52. The third-order valence-electron chi connectivity index (χ3n) is 1.90. The minimum atomic E-state index is -4.63. The molecule has 5 heteroatoms. The van der Waals surface area contributed by atoms with Crippen LogP contribution in [0.4, 0.5) is 13.2 Å². The van der Waals surface area contributed by atoms with Gasteiger partial charge in [-0.25, -0.2) is 0 Å². The summed E-state index contributed by atoms with van der Waals surface area (Å²) in [5.74, 6) is 0.545. The summed E-state index contributed by atoms with van der Waals surface area (Å²) in [6.45, 7) is 0. The van der Waals surface area contributed by atoms with Crippen molar-refractivity contribution in [3.63, 3.8) is 0 Å². The minimum Gasteiger partial charge on any atom is -0.497 e. The van der Waals surface area contributed by atoms with Crippen LogP contribution in [-0.4, -0.2) is 24.5 Å². The predicted molar refractivity (Wildman–Crippen MR) is 54.1 cm³/mol. The van der Waals surface area contributed by atoms with Crippen molar-refractivity contribution in [2.45, 2.75) is 12.3 Å². The lowest BCUT2D eigenvalue weighted by Crippen LogP contribution is -2.25. The van der Waals surface area contributed by atoms with Crippen LogP contribution >= 0.6 is 0 Å². The van der Waals surface area contributed by atoms with Gasteiger partial charge in [0.15, 0.2) is 6.10 Å². The summed E-state index contributed by atoms with van der Waals surface area (Å²) in [5, 5.41) is 8.73. The van der Waals surface area contributed by atoms with Crippen molar-refractivity contribution in [1.82, 2.24) is 0 Å². The molecule has 16 heavy (non-hydrogen) atoms. The van der Waals surface area contributed by atoms with Crippen molar-refractivity contribution in [1.29, 1.82) is 0 Å². The van der Waals surface area contributed by atoms with Crippen molar-refractivity contribution < 1.29 is 23.0 Å². The van der Waals surface area contributed by atoms with Gasteiger partial charge in [0.1, 0.15) is 5.75 Å². The fourth-order valence-corrected chi connectivity index (χ4v) is 1.06. The molecular formula is C11H11F3O2. The van der Waals surface area contributed by atoms with Gasteiger partial charge in [-0.1, -0.05) is 18.2 Å². The lowest BCUT2D eigenvalue weighted by atomic mass is 10.2. The van der Waals surface area contributed by atoms with Gasteiger partial charge < -0.3 is 9.84 Å². The zero-order valence-electron chi connectivity index (χ0n) is 8.53. The molecular weight excluding hydrogens is 221 g/mol. The van der Waals surface area contributed by atoms with Crippen molar-refractivity contribution in [2.75, 3.05) is 7.11 Å². The van der Waals surface area contributed by atoms with Gasteiger partial charge in [0.25, 0.3) is 0 Å². The molecule has 0 saturated heterocycles. The third kappa shape index (κ3) is 3.58. The lowest BCUT2D eigenvalue weighted by molar-refractivity contribution is -0.187. The molecule has 0 bridgehead atoms. The van der Waals surface area contributed by atoms with Gasteiger partial charge in [-0.15, -0.1) is 0 Å². The van der Waals surface area contributed by atoms with Crippen LogP contribution in [0.3, 0.4) is 0 Å². The van der Waals surface area contributed by atoms with Gasteiger partial charge in [-0.05, 0) is 23.8 Å². The molecule has 0 aliphatic carbocycles. The topological polar surface area (TPSA) is 29.5 Å². The minimum absolute atomic E-state index is 0.530. The standard InChI is InChI=1S/C11H11F3O2/c1-16-9-4-2-3-8(7-9)5-6-10(15)11(12,13)14/h2-7,10,15H,1H3/b6-5+. The Morgan fingerprint density at radius 2 is 2.06 bits per heavy atom. The average Bonchev–Trinajstić information content (AvgIpc) is 2.25. The molecule has 0 spiro atoms. The van der Waals surface area contributed by atoms with E-state index in [1.54, 1.807) is 24.3 Å². The molecule has 0 saturated carbocycles. The number of methoxy groups -OCH3 is 1. The highest BCUT2D eigenvalue weighted by Gasteiger charge is 2.36. The normalized spacial score (nSPS) is 14.1. The Balaban J connectivity index is 2.76. The van der Waals surface area contributed by atoms with E-state index in [2.05, 4.69) is 0 Å². The molecule has 0 aliphatic heterocycles. The van der Waals surface area contributed by atoms with E-state index in [9.17, 15) is 13.2 Å². The fraction of sp³-hybridized carbons (Fsp3) is 0.273. The maximum atomic E-state index is 12.0. The van der Waals surface area contributed by atoms with E-state index in [1.807, 2.05) is 0 Å². The Bertz CT molecular complexity index is 372. The maximum absolute atomic E-state index is 12.0. The first kappa shape index (κ1) is 12.6. The summed E-state index contributed by atoms with van der Waals surface area (Å²) in [4.78, 5) is 0. The van der Waals surface area contributed by atoms with Gasteiger partial charge in [0.2, 0.25) is 0 Å². The van der Waals surface area contributed by atoms with Crippen LogP contribution in [-0.2, 0) is 0 Å². The molecule has 1 rings (SSSR count). The number of alkyl halides is 3. The van der Waals surface area contributed by atoms with Crippen molar-refractivity contribution in [2.24, 2.45) is 0 Å². The van der Waals surface area contributed by atoms with Crippen LogP contribution in [0.5, 0.6) is 5.75 Å². The van der Waals surface area contributed by atoms with E-state index in [4.69, 9.17) is 9.84 Å². The molecule has 0 fully saturated rings. The quantitative estimate of drug-likeness (QED) is 0.868. The van der Waals surface area contributed by atoms with E-state index in [0.717, 1.165) is 0 Å². The van der Waals surface area contributed by atoms with Gasteiger partial charge in [0, 0.05) is 0 Å². The first-order valence-electron chi connectivity index (χ1n) is 4.50. The number of halogens is 3. The lowest BCUT2D eigenvalue weighted by Gasteiger charge is -2.09. The van der Waals surface area contributed by atoms with Gasteiger partial charge in [0.05, 0.1) is 7.11 Å². The first-order chi connectivity index (χ1) is 7.43. The van der Waals surface area contributed by atoms with Crippen molar-refractivity contribution in [3.8, 4) is 5.75 Å². The second kappa shape index (κ2) is 5.03. The average molecular weight is 232 g/mol. The largest absolute Gasteiger partial charge is 0.497 e. The molecule has 0 amide bonds. The monoisotopic (exact) mass is 232 g/mol. The highest BCUT2D eigenvalue weighted by Crippen LogP contribution is 2.22. The van der Waals surface area contributed by atoms with Gasteiger partial charge >= 0.3 is 6.18 Å². The molecule has 0 heterocycles. The van der Waals surface area contributed by atoms with E-state index in [-0.39, 0.29) is 0 Å². The van der Waals surface area contributed by atoms with Crippen molar-refractivity contribution >= 4 is 6.08 Å². The Hall–Kier alpha value is -1.49. The number of aliphatic hydroxyl groups is 1. The van der Waals surface area contributed by atoms with Crippen molar-refractivity contribution in [3.05, 3.63) is 35.9 Å². The van der Waals surface area contributed by atoms with E-state index >= 15 is 0 Å². The van der Waals surface area contributed by atoms with E-state index < -0.39 is 12.3 Å². The number of ether oxygens (including phenoxy) is 1. The van der Waals surface area contributed by atoms with Crippen LogP contribution in [0.25, 0.3) is 6.08 Å². The number of hydrogen-bond acceptors (Lipinski definition) is 2. The molecule has 1 atom stereocenters. The summed E-state index contributed by atoms with van der Waals surface area (Å²) in [7, 11) is 1.47. The number of benzene rings is 1. The fourth-order valence-electron chi connectivity index (χ4n) is 1.06. The first-order valence-corrected chi connectivity index (χ1v) is 4.50. The Labute approximate surface area is 91.0 Å². The third-order valence-corrected chi connectivity index (χ3v) is 1.90.